The van der Waals surface area contributed by atoms with E-state index in [1.165, 1.54) is 0 Å². The number of nitrogens with zero attached hydrogens (tertiary/aromatic N) is 1. The quantitative estimate of drug-likeness (QED) is 0.731. The fourth-order valence-corrected chi connectivity index (χ4v) is 1.78. The molecular weight excluding hydrogens is 238 g/mol. The van der Waals surface area contributed by atoms with Gasteiger partial charge in [0.1, 0.15) is 11.8 Å². The minimum Gasteiger partial charge on any atom is -0.508 e. The number of nitriles is 1. The highest BCUT2D eigenvalue weighted by Gasteiger charge is 2.00. The predicted octanol–water partition coefficient (Wildman–Crippen LogP) is 2.50. The van der Waals surface area contributed by atoms with Gasteiger partial charge in [0.05, 0.1) is 5.56 Å². The van der Waals surface area contributed by atoms with Crippen molar-refractivity contribution in [2.24, 2.45) is 0 Å². The molecule has 96 valence electrons. The Morgan fingerprint density at radius 2 is 1.89 bits per heavy atom. The Morgan fingerprint density at radius 3 is 2.58 bits per heavy atom. The molecule has 0 aliphatic heterocycles. The van der Waals surface area contributed by atoms with E-state index in [0.717, 1.165) is 24.2 Å². The van der Waals surface area contributed by atoms with Crippen LogP contribution >= 0.6 is 0 Å². The van der Waals surface area contributed by atoms with E-state index in [1.54, 1.807) is 24.3 Å². The third-order valence-corrected chi connectivity index (χ3v) is 2.85. The number of anilines is 2. The minimum absolute atomic E-state index is 0.272. The van der Waals surface area contributed by atoms with Crippen molar-refractivity contribution in [1.82, 2.24) is 0 Å². The summed E-state index contributed by atoms with van der Waals surface area (Å²) >= 11 is 0. The number of hydrogen-bond donors (Lipinski definition) is 3. The van der Waals surface area contributed by atoms with Gasteiger partial charge in [0, 0.05) is 17.9 Å². The van der Waals surface area contributed by atoms with Gasteiger partial charge in [-0.05, 0) is 42.3 Å². The van der Waals surface area contributed by atoms with Crippen LogP contribution in [0.25, 0.3) is 0 Å². The average molecular weight is 253 g/mol. The summed E-state index contributed by atoms with van der Waals surface area (Å²) in [7, 11) is 0. The van der Waals surface area contributed by atoms with Crippen LogP contribution in [0.5, 0.6) is 5.75 Å². The largest absolute Gasteiger partial charge is 0.508 e. The molecule has 4 heteroatoms. The molecule has 0 aliphatic carbocycles. The average Bonchev–Trinajstić information content (AvgIpc) is 2.43. The Bertz CT molecular complexity index is 600. The van der Waals surface area contributed by atoms with Crippen LogP contribution < -0.4 is 11.1 Å². The zero-order chi connectivity index (χ0) is 13.7. The van der Waals surface area contributed by atoms with Crippen molar-refractivity contribution in [3.63, 3.8) is 0 Å². The molecule has 0 unspecified atom stereocenters. The number of nitrogens with one attached hydrogen (secondary N) is 1. The summed E-state index contributed by atoms with van der Waals surface area (Å²) in [5.74, 6) is 0.272. The predicted molar refractivity (Wildman–Crippen MR) is 75.9 cm³/mol. The molecule has 0 fully saturated rings. The maximum Gasteiger partial charge on any atom is 0.115 e. The molecule has 0 aromatic heterocycles. The summed E-state index contributed by atoms with van der Waals surface area (Å²) in [6.07, 6.45) is 0.840. The monoisotopic (exact) mass is 253 g/mol. The second-order valence-corrected chi connectivity index (χ2v) is 4.26. The van der Waals surface area contributed by atoms with Crippen molar-refractivity contribution < 1.29 is 5.11 Å². The van der Waals surface area contributed by atoms with E-state index < -0.39 is 0 Å². The fourth-order valence-electron chi connectivity index (χ4n) is 1.78. The van der Waals surface area contributed by atoms with Crippen LogP contribution in [-0.2, 0) is 6.42 Å². The van der Waals surface area contributed by atoms with Crippen molar-refractivity contribution in [2.75, 3.05) is 17.6 Å². The first kappa shape index (κ1) is 12.8. The van der Waals surface area contributed by atoms with Crippen molar-refractivity contribution >= 4 is 11.4 Å². The number of benzene rings is 2. The highest BCUT2D eigenvalue weighted by Crippen LogP contribution is 2.17. The van der Waals surface area contributed by atoms with E-state index in [1.807, 2.05) is 18.2 Å². The number of aromatic hydroxyl groups is 1. The van der Waals surface area contributed by atoms with E-state index in [4.69, 9.17) is 11.0 Å². The summed E-state index contributed by atoms with van der Waals surface area (Å²) in [6, 6.07) is 14.5. The molecule has 19 heavy (non-hydrogen) atoms. The molecule has 0 spiro atoms. The molecule has 0 aliphatic rings. The van der Waals surface area contributed by atoms with Gasteiger partial charge in [-0.1, -0.05) is 12.1 Å². The number of phenolic OH excluding ortho intramolecular Hbond substituents is 1. The first-order valence-corrected chi connectivity index (χ1v) is 6.00. The van der Waals surface area contributed by atoms with E-state index in [9.17, 15) is 5.11 Å². The summed E-state index contributed by atoms with van der Waals surface area (Å²) in [6.45, 7) is 0.750. The van der Waals surface area contributed by atoms with Gasteiger partial charge in [-0.15, -0.1) is 0 Å². The molecule has 0 saturated heterocycles. The molecular formula is C15H15N3O. The van der Waals surface area contributed by atoms with E-state index in [2.05, 4.69) is 11.4 Å². The Balaban J connectivity index is 1.92. The zero-order valence-corrected chi connectivity index (χ0v) is 10.4. The number of hydrogen-bond acceptors (Lipinski definition) is 4. The fraction of sp³-hybridized carbons (Fsp3) is 0.133. The number of nitrogen functional groups attached to an aromatic ring is 1. The molecule has 0 amide bonds. The lowest BCUT2D eigenvalue weighted by Gasteiger charge is -2.08. The third kappa shape index (κ3) is 3.39. The Hall–Kier alpha value is -2.67. The maximum atomic E-state index is 9.19. The van der Waals surface area contributed by atoms with Gasteiger partial charge in [0.15, 0.2) is 0 Å². The Kier molecular flexibility index (Phi) is 3.89. The first-order chi connectivity index (χ1) is 9.19. The van der Waals surface area contributed by atoms with Gasteiger partial charge in [0.2, 0.25) is 0 Å². The number of nitrogens with two attached hydrogens (primary N) is 1. The maximum absolute atomic E-state index is 9.19. The summed E-state index contributed by atoms with van der Waals surface area (Å²) in [4.78, 5) is 0. The van der Waals surface area contributed by atoms with Crippen molar-refractivity contribution in [1.29, 1.82) is 5.26 Å². The lowest BCUT2D eigenvalue weighted by Crippen LogP contribution is -2.05. The van der Waals surface area contributed by atoms with Crippen LogP contribution in [0, 0.1) is 11.3 Å². The van der Waals surface area contributed by atoms with Crippen LogP contribution in [0.4, 0.5) is 11.4 Å². The highest BCUT2D eigenvalue weighted by molar-refractivity contribution is 5.61. The standard InChI is InChI=1S/C15H15N3O/c16-10-12-9-13(3-6-15(12)17)18-8-7-11-1-4-14(19)5-2-11/h1-6,9,18-19H,7-8,17H2. The normalized spacial score (nSPS) is 9.84. The smallest absolute Gasteiger partial charge is 0.115 e. The van der Waals surface area contributed by atoms with Gasteiger partial charge in [-0.25, -0.2) is 0 Å². The van der Waals surface area contributed by atoms with Crippen LogP contribution in [-0.4, -0.2) is 11.7 Å². The molecule has 0 bridgehead atoms. The summed E-state index contributed by atoms with van der Waals surface area (Å²) in [5, 5.41) is 21.3. The van der Waals surface area contributed by atoms with Crippen LogP contribution in [0.3, 0.4) is 0 Å². The molecule has 2 aromatic rings. The third-order valence-electron chi connectivity index (χ3n) is 2.85. The van der Waals surface area contributed by atoms with Crippen molar-refractivity contribution in [2.45, 2.75) is 6.42 Å². The second-order valence-electron chi connectivity index (χ2n) is 4.26. The number of phenols is 1. The van der Waals surface area contributed by atoms with Crippen LogP contribution in [0.15, 0.2) is 42.5 Å². The highest BCUT2D eigenvalue weighted by atomic mass is 16.3. The molecule has 0 atom stereocenters. The van der Waals surface area contributed by atoms with Crippen molar-refractivity contribution in [3.05, 3.63) is 53.6 Å². The Morgan fingerprint density at radius 1 is 1.16 bits per heavy atom. The zero-order valence-electron chi connectivity index (χ0n) is 10.4. The minimum atomic E-state index is 0.272. The molecule has 0 saturated carbocycles. The van der Waals surface area contributed by atoms with Gasteiger partial charge in [-0.3, -0.25) is 0 Å². The molecule has 2 aromatic carbocycles. The van der Waals surface area contributed by atoms with Gasteiger partial charge < -0.3 is 16.2 Å². The molecule has 4 nitrogen and oxygen atoms in total. The van der Waals surface area contributed by atoms with Gasteiger partial charge in [0.25, 0.3) is 0 Å². The van der Waals surface area contributed by atoms with E-state index in [-0.39, 0.29) is 5.75 Å². The number of rotatable bonds is 4. The van der Waals surface area contributed by atoms with Crippen molar-refractivity contribution in [3.8, 4) is 11.8 Å². The van der Waals surface area contributed by atoms with Crippen LogP contribution in [0.2, 0.25) is 0 Å². The SMILES string of the molecule is N#Cc1cc(NCCc2ccc(O)cc2)ccc1N. The topological polar surface area (TPSA) is 82.1 Å². The van der Waals surface area contributed by atoms with Gasteiger partial charge in [-0.2, -0.15) is 5.26 Å². The molecule has 0 heterocycles. The van der Waals surface area contributed by atoms with E-state index in [0.29, 0.717) is 11.3 Å². The molecule has 4 N–H and O–H groups in total. The molecule has 2 rings (SSSR count). The van der Waals surface area contributed by atoms with E-state index >= 15 is 0 Å². The summed E-state index contributed by atoms with van der Waals surface area (Å²) < 4.78 is 0. The summed E-state index contributed by atoms with van der Waals surface area (Å²) in [5.41, 5.74) is 8.65. The lowest BCUT2D eigenvalue weighted by molar-refractivity contribution is 0.475. The lowest BCUT2D eigenvalue weighted by atomic mass is 10.1. The van der Waals surface area contributed by atoms with Crippen LogP contribution in [0.1, 0.15) is 11.1 Å². The molecule has 0 radical (unpaired) electrons. The Labute approximate surface area is 112 Å². The first-order valence-electron chi connectivity index (χ1n) is 6.00. The second kappa shape index (κ2) is 5.78. The van der Waals surface area contributed by atoms with Gasteiger partial charge >= 0.3 is 0 Å².